The van der Waals surface area contributed by atoms with Gasteiger partial charge in [0.2, 0.25) is 0 Å². The molecule has 0 radical (unpaired) electrons. The van der Waals surface area contributed by atoms with Gasteiger partial charge in [-0.15, -0.1) is 0 Å². The van der Waals surface area contributed by atoms with Crippen molar-refractivity contribution in [1.29, 1.82) is 0 Å². The molecule has 6 rings (SSSR count). The second kappa shape index (κ2) is 7.49. The summed E-state index contributed by atoms with van der Waals surface area (Å²) in [5.74, 6) is 0.950. The Morgan fingerprint density at radius 3 is 2.88 bits per heavy atom. The van der Waals surface area contributed by atoms with Crippen LogP contribution in [0.15, 0.2) is 36.8 Å². The standard InChI is InChI=1S/C22H22FN7O3/c1-24-19-6-15(27-21-13(8-26-30(19)21)22(32)28-16-5-14(16)23)12-7-25-20-11(12)3-2-4-29(20)17-9-33-10-18(17)31/h2-4,6-8,14,16-18,24,31H,5,9-10H2,1H3,(H,28,32)/t14-,16+,17-,18-/m0/s1. The minimum atomic E-state index is -0.996. The number of aliphatic hydroxyl groups excluding tert-OH is 1. The number of aliphatic hydroxyl groups is 1. The normalized spacial score (nSPS) is 24.5. The first-order valence-electron chi connectivity index (χ1n) is 10.8. The maximum Gasteiger partial charge on any atom is 0.257 e. The van der Waals surface area contributed by atoms with Crippen molar-refractivity contribution in [3.05, 3.63) is 42.4 Å². The highest BCUT2D eigenvalue weighted by molar-refractivity contribution is 6.00. The lowest BCUT2D eigenvalue weighted by Gasteiger charge is -2.20. The van der Waals surface area contributed by atoms with E-state index in [1.54, 1.807) is 17.8 Å². The fraction of sp³-hybridized carbons (Fsp3) is 0.364. The molecule has 2 fully saturated rings. The van der Waals surface area contributed by atoms with Gasteiger partial charge in [0.25, 0.3) is 5.91 Å². The summed E-state index contributed by atoms with van der Waals surface area (Å²) < 4.78 is 22.2. The van der Waals surface area contributed by atoms with E-state index in [2.05, 4.69) is 20.7 Å². The average molecular weight is 451 g/mol. The van der Waals surface area contributed by atoms with Crippen LogP contribution in [0, 0.1) is 0 Å². The van der Waals surface area contributed by atoms with Crippen molar-refractivity contribution in [3.63, 3.8) is 0 Å². The van der Waals surface area contributed by atoms with Crippen molar-refractivity contribution in [2.75, 3.05) is 25.6 Å². The van der Waals surface area contributed by atoms with E-state index in [0.717, 1.165) is 11.1 Å². The maximum absolute atomic E-state index is 13.3. The molecule has 2 aromatic rings. The fourth-order valence-corrected chi connectivity index (χ4v) is 4.33. The van der Waals surface area contributed by atoms with Crippen molar-refractivity contribution < 1.29 is 19.0 Å². The molecule has 1 saturated heterocycles. The van der Waals surface area contributed by atoms with Crippen LogP contribution in [-0.4, -0.2) is 73.7 Å². The zero-order chi connectivity index (χ0) is 22.7. The molecule has 1 aliphatic carbocycles. The first-order chi connectivity index (χ1) is 16.0. The third-order valence-electron chi connectivity index (χ3n) is 6.26. The number of carbonyl (C=O) groups is 1. The molecule has 4 atom stereocenters. The van der Waals surface area contributed by atoms with Crippen molar-refractivity contribution in [3.8, 4) is 22.6 Å². The molecule has 1 amide bonds. The Labute approximate surface area is 187 Å². The van der Waals surface area contributed by atoms with E-state index >= 15 is 0 Å². The highest BCUT2D eigenvalue weighted by atomic mass is 19.1. The van der Waals surface area contributed by atoms with Crippen LogP contribution in [0.3, 0.4) is 0 Å². The van der Waals surface area contributed by atoms with Crippen molar-refractivity contribution in [2.24, 2.45) is 0 Å². The lowest BCUT2D eigenvalue weighted by atomic mass is 10.1. The Bertz CT molecular complexity index is 1330. The second-order valence-electron chi connectivity index (χ2n) is 8.40. The molecule has 0 bridgehead atoms. The van der Waals surface area contributed by atoms with Gasteiger partial charge in [0.1, 0.15) is 29.5 Å². The molecule has 0 unspecified atom stereocenters. The number of hydrogen-bond acceptors (Lipinski definition) is 7. The van der Waals surface area contributed by atoms with Crippen molar-refractivity contribution in [1.82, 2.24) is 29.5 Å². The van der Waals surface area contributed by atoms with Gasteiger partial charge in [-0.2, -0.15) is 9.61 Å². The second-order valence-corrected chi connectivity index (χ2v) is 8.40. The highest BCUT2D eigenvalue weighted by Crippen LogP contribution is 2.36. The molecule has 2 aromatic heterocycles. The van der Waals surface area contributed by atoms with Crippen LogP contribution in [0.2, 0.25) is 0 Å². The third kappa shape index (κ3) is 3.23. The predicted molar refractivity (Wildman–Crippen MR) is 117 cm³/mol. The monoisotopic (exact) mass is 451 g/mol. The van der Waals surface area contributed by atoms with E-state index < -0.39 is 24.2 Å². The number of amides is 1. The molecule has 1 saturated carbocycles. The molecule has 3 aliphatic heterocycles. The smallest absolute Gasteiger partial charge is 0.257 e. The Hall–Kier alpha value is -3.57. The Balaban J connectivity index is 1.43. The number of alkyl halides is 1. The van der Waals surface area contributed by atoms with Crippen molar-refractivity contribution >= 4 is 17.4 Å². The number of carbonyl (C=O) groups excluding carboxylic acids is 1. The summed E-state index contributed by atoms with van der Waals surface area (Å²) in [7, 11) is 1.76. The summed E-state index contributed by atoms with van der Waals surface area (Å²) in [5.41, 5.74) is 2.89. The summed E-state index contributed by atoms with van der Waals surface area (Å²) in [5, 5.41) is 20.4. The molecule has 0 aromatic carbocycles. The molecular formula is C22H22FN7O3. The molecule has 10 nitrogen and oxygen atoms in total. The Morgan fingerprint density at radius 1 is 1.30 bits per heavy atom. The molecule has 170 valence electrons. The number of nitrogens with zero attached hydrogens (tertiary/aromatic N) is 5. The average Bonchev–Trinajstić information content (AvgIpc) is 3.24. The minimum absolute atomic E-state index is 0.216. The largest absolute Gasteiger partial charge is 0.388 e. The summed E-state index contributed by atoms with van der Waals surface area (Å²) in [4.78, 5) is 22.0. The molecule has 11 heteroatoms. The van der Waals surface area contributed by atoms with Crippen LogP contribution in [0.5, 0.6) is 0 Å². The Morgan fingerprint density at radius 2 is 2.15 bits per heavy atom. The van der Waals surface area contributed by atoms with Gasteiger partial charge in [-0.3, -0.25) is 4.79 Å². The Kier molecular flexibility index (Phi) is 4.56. The number of rotatable bonds is 5. The quantitative estimate of drug-likeness (QED) is 0.421. The van der Waals surface area contributed by atoms with Crippen LogP contribution >= 0.6 is 0 Å². The van der Waals surface area contributed by atoms with Gasteiger partial charge in [-0.05, 0) is 12.1 Å². The van der Waals surface area contributed by atoms with E-state index in [0.29, 0.717) is 42.6 Å². The van der Waals surface area contributed by atoms with Crippen LogP contribution in [0.1, 0.15) is 22.8 Å². The van der Waals surface area contributed by atoms with E-state index in [-0.39, 0.29) is 11.6 Å². The summed E-state index contributed by atoms with van der Waals surface area (Å²) in [6.45, 7) is 0.706. The van der Waals surface area contributed by atoms with Gasteiger partial charge in [0.05, 0.1) is 37.2 Å². The van der Waals surface area contributed by atoms with Gasteiger partial charge < -0.3 is 25.0 Å². The number of nitrogens with one attached hydrogen (secondary N) is 2. The minimum Gasteiger partial charge on any atom is -0.388 e. The highest BCUT2D eigenvalue weighted by Gasteiger charge is 2.39. The summed E-state index contributed by atoms with van der Waals surface area (Å²) in [6, 6.07) is 5.01. The lowest BCUT2D eigenvalue weighted by Crippen LogP contribution is -2.27. The SMILES string of the molecule is CNc1cc(-c2cnc3n([C@H]4COC[C@@H]4O)cccc2-3)nc2c(C(=O)N[C@@H]3C[C@@H]3F)cnn12. The first-order valence-corrected chi connectivity index (χ1v) is 10.8. The van der Waals surface area contributed by atoms with Crippen molar-refractivity contribution in [2.45, 2.75) is 30.8 Å². The summed E-state index contributed by atoms with van der Waals surface area (Å²) >= 11 is 0. The van der Waals surface area contributed by atoms with Gasteiger partial charge in [0, 0.05) is 43.1 Å². The van der Waals surface area contributed by atoms with E-state index in [1.807, 2.05) is 29.0 Å². The zero-order valence-electron chi connectivity index (χ0n) is 17.8. The molecule has 4 aliphatic rings. The number of hydrogen-bond donors (Lipinski definition) is 3. The number of halogens is 1. The number of aromatic nitrogens is 5. The van der Waals surface area contributed by atoms with E-state index in [1.165, 1.54) is 6.20 Å². The molecule has 33 heavy (non-hydrogen) atoms. The third-order valence-corrected chi connectivity index (χ3v) is 6.26. The topological polar surface area (TPSA) is 119 Å². The van der Waals surface area contributed by atoms with E-state index in [9.17, 15) is 14.3 Å². The predicted octanol–water partition coefficient (Wildman–Crippen LogP) is 1.51. The van der Waals surface area contributed by atoms with E-state index in [4.69, 9.17) is 9.72 Å². The molecule has 3 N–H and O–H groups in total. The first kappa shape index (κ1) is 20.1. The molecule has 0 spiro atoms. The molecular weight excluding hydrogens is 429 g/mol. The fourth-order valence-electron chi connectivity index (χ4n) is 4.33. The lowest BCUT2D eigenvalue weighted by molar-refractivity contribution is 0.0949. The van der Waals surface area contributed by atoms with Gasteiger partial charge in [-0.1, -0.05) is 0 Å². The number of fused-ring (bicyclic) bond motifs is 2. The number of pyridine rings is 1. The molecule has 5 heterocycles. The van der Waals surface area contributed by atoms with Crippen LogP contribution in [0.25, 0.3) is 28.3 Å². The van der Waals surface area contributed by atoms with Crippen LogP contribution in [-0.2, 0) is 4.74 Å². The van der Waals surface area contributed by atoms with Crippen LogP contribution < -0.4 is 10.6 Å². The number of anilines is 1. The zero-order valence-corrected chi connectivity index (χ0v) is 17.8. The maximum atomic E-state index is 13.3. The van der Waals surface area contributed by atoms with Gasteiger partial charge >= 0.3 is 0 Å². The van der Waals surface area contributed by atoms with Gasteiger partial charge in [-0.25, -0.2) is 14.4 Å². The van der Waals surface area contributed by atoms with Crippen LogP contribution in [0.4, 0.5) is 10.2 Å². The van der Waals surface area contributed by atoms with Gasteiger partial charge in [0.15, 0.2) is 5.65 Å². The summed E-state index contributed by atoms with van der Waals surface area (Å²) in [6.07, 6.45) is 3.78. The number of ether oxygens (including phenoxy) is 1.